The van der Waals surface area contributed by atoms with Gasteiger partial charge in [0.1, 0.15) is 12.2 Å². The highest BCUT2D eigenvalue weighted by Gasteiger charge is 2.30. The smallest absolute Gasteiger partial charge is 0.229 e. The number of guanidine groups is 1. The number of hydrogen-bond donors (Lipinski definition) is 2. The molecule has 0 radical (unpaired) electrons. The van der Waals surface area contributed by atoms with Crippen LogP contribution in [0.1, 0.15) is 26.1 Å². The highest BCUT2D eigenvalue weighted by Crippen LogP contribution is 2.20. The van der Waals surface area contributed by atoms with Gasteiger partial charge in [-0.2, -0.15) is 0 Å². The van der Waals surface area contributed by atoms with Gasteiger partial charge in [-0.3, -0.25) is 9.79 Å². The van der Waals surface area contributed by atoms with E-state index in [9.17, 15) is 4.79 Å². The van der Waals surface area contributed by atoms with Crippen LogP contribution >= 0.6 is 0 Å². The average molecular weight is 369 g/mol. The standard InChI is InChI=1S/C19H27N7O/c1-3-17-24-22-14-25(17)11-10-21-19(20-4-2)23-15-12-18(27)26(13-15)16-8-6-5-7-9-16/h5-9,14-15H,3-4,10-13H2,1-2H3,(H2,20,21,23). The van der Waals surface area contributed by atoms with Crippen molar-refractivity contribution in [2.45, 2.75) is 39.3 Å². The molecule has 2 heterocycles. The minimum atomic E-state index is 0.0385. The molecule has 8 heteroatoms. The van der Waals surface area contributed by atoms with Crippen molar-refractivity contribution < 1.29 is 4.79 Å². The van der Waals surface area contributed by atoms with E-state index in [1.54, 1.807) is 6.33 Å². The molecule has 2 N–H and O–H groups in total. The number of carbonyl (C=O) groups excluding carboxylic acids is 1. The molecule has 1 aromatic heterocycles. The lowest BCUT2D eigenvalue weighted by molar-refractivity contribution is -0.117. The molecule has 0 aliphatic carbocycles. The third kappa shape index (κ3) is 4.84. The Bertz CT molecular complexity index is 771. The summed E-state index contributed by atoms with van der Waals surface area (Å²) in [6.45, 7) is 6.84. The molecule has 1 saturated heterocycles. The van der Waals surface area contributed by atoms with Gasteiger partial charge in [-0.05, 0) is 19.1 Å². The van der Waals surface area contributed by atoms with Gasteiger partial charge in [0.25, 0.3) is 0 Å². The quantitative estimate of drug-likeness (QED) is 0.566. The molecule has 1 amide bonds. The number of amides is 1. The number of hydrogen-bond acceptors (Lipinski definition) is 4. The predicted octanol–water partition coefficient (Wildman–Crippen LogP) is 1.20. The summed E-state index contributed by atoms with van der Waals surface area (Å²) in [6, 6.07) is 9.81. The van der Waals surface area contributed by atoms with E-state index in [2.05, 4.69) is 32.7 Å². The monoisotopic (exact) mass is 369 g/mol. The summed E-state index contributed by atoms with van der Waals surface area (Å²) in [5.74, 6) is 1.83. The number of rotatable bonds is 7. The van der Waals surface area contributed by atoms with E-state index < -0.39 is 0 Å². The molecule has 1 aromatic carbocycles. The predicted molar refractivity (Wildman–Crippen MR) is 106 cm³/mol. The Morgan fingerprint density at radius 2 is 2.11 bits per heavy atom. The lowest BCUT2D eigenvalue weighted by atomic mass is 10.2. The molecule has 27 heavy (non-hydrogen) atoms. The van der Waals surface area contributed by atoms with Crippen LogP contribution in [0.3, 0.4) is 0 Å². The number of anilines is 1. The van der Waals surface area contributed by atoms with Crippen LogP contribution in [-0.4, -0.2) is 52.3 Å². The Hall–Kier alpha value is -2.90. The van der Waals surface area contributed by atoms with Crippen molar-refractivity contribution in [3.8, 4) is 0 Å². The number of para-hydroxylation sites is 1. The van der Waals surface area contributed by atoms with Crippen molar-refractivity contribution >= 4 is 17.6 Å². The zero-order valence-electron chi connectivity index (χ0n) is 15.9. The van der Waals surface area contributed by atoms with Gasteiger partial charge in [-0.25, -0.2) is 0 Å². The summed E-state index contributed by atoms with van der Waals surface area (Å²) in [5.41, 5.74) is 0.938. The fourth-order valence-electron chi connectivity index (χ4n) is 3.18. The topological polar surface area (TPSA) is 87.4 Å². The molecule has 1 unspecified atom stereocenters. The van der Waals surface area contributed by atoms with Gasteiger partial charge < -0.3 is 20.1 Å². The van der Waals surface area contributed by atoms with Crippen molar-refractivity contribution in [1.82, 2.24) is 25.4 Å². The van der Waals surface area contributed by atoms with Gasteiger partial charge in [-0.15, -0.1) is 10.2 Å². The maximum Gasteiger partial charge on any atom is 0.229 e. The summed E-state index contributed by atoms with van der Waals surface area (Å²) >= 11 is 0. The first-order valence-electron chi connectivity index (χ1n) is 9.48. The molecule has 0 spiro atoms. The number of aromatic nitrogens is 3. The molecule has 1 aliphatic heterocycles. The van der Waals surface area contributed by atoms with E-state index in [0.29, 0.717) is 19.5 Å². The molecule has 8 nitrogen and oxygen atoms in total. The molecule has 1 atom stereocenters. The first-order chi connectivity index (χ1) is 13.2. The second-order valence-corrected chi connectivity index (χ2v) is 6.44. The van der Waals surface area contributed by atoms with Crippen LogP contribution in [-0.2, 0) is 17.8 Å². The van der Waals surface area contributed by atoms with Gasteiger partial charge in [0.05, 0.1) is 12.6 Å². The zero-order valence-corrected chi connectivity index (χ0v) is 15.9. The summed E-state index contributed by atoms with van der Waals surface area (Å²) in [4.78, 5) is 18.8. The summed E-state index contributed by atoms with van der Waals surface area (Å²) in [7, 11) is 0. The molecule has 1 fully saturated rings. The molecule has 1 aliphatic rings. The Kier molecular flexibility index (Phi) is 6.40. The van der Waals surface area contributed by atoms with Crippen molar-refractivity contribution in [3.05, 3.63) is 42.5 Å². The van der Waals surface area contributed by atoms with E-state index in [4.69, 9.17) is 0 Å². The maximum absolute atomic E-state index is 12.4. The molecule has 2 aromatic rings. The van der Waals surface area contributed by atoms with E-state index in [1.165, 1.54) is 0 Å². The third-order valence-corrected chi connectivity index (χ3v) is 4.50. The van der Waals surface area contributed by atoms with E-state index >= 15 is 0 Å². The molecular weight excluding hydrogens is 342 g/mol. The fraction of sp³-hybridized carbons (Fsp3) is 0.474. The van der Waals surface area contributed by atoms with Crippen LogP contribution in [0.25, 0.3) is 0 Å². The Labute approximate surface area is 159 Å². The summed E-state index contributed by atoms with van der Waals surface area (Å²) < 4.78 is 2.02. The van der Waals surface area contributed by atoms with Gasteiger partial charge in [0, 0.05) is 38.2 Å². The van der Waals surface area contributed by atoms with Crippen LogP contribution in [0.5, 0.6) is 0 Å². The van der Waals surface area contributed by atoms with Gasteiger partial charge >= 0.3 is 0 Å². The van der Waals surface area contributed by atoms with Crippen molar-refractivity contribution in [2.24, 2.45) is 4.99 Å². The molecule has 0 saturated carbocycles. The fourth-order valence-corrected chi connectivity index (χ4v) is 3.18. The number of carbonyl (C=O) groups is 1. The highest BCUT2D eigenvalue weighted by atomic mass is 16.2. The Morgan fingerprint density at radius 3 is 2.85 bits per heavy atom. The molecule has 0 bridgehead atoms. The number of nitrogens with one attached hydrogen (secondary N) is 2. The van der Waals surface area contributed by atoms with Crippen LogP contribution in [0, 0.1) is 0 Å². The zero-order chi connectivity index (χ0) is 19.1. The third-order valence-electron chi connectivity index (χ3n) is 4.50. The normalized spacial score (nSPS) is 17.4. The Morgan fingerprint density at radius 1 is 1.30 bits per heavy atom. The summed E-state index contributed by atoms with van der Waals surface area (Å²) in [5, 5.41) is 14.7. The Balaban J connectivity index is 1.58. The van der Waals surface area contributed by atoms with Crippen LogP contribution in [0.4, 0.5) is 5.69 Å². The number of aliphatic imine (C=N–C) groups is 1. The van der Waals surface area contributed by atoms with Crippen LogP contribution < -0.4 is 15.5 Å². The minimum absolute atomic E-state index is 0.0385. The van der Waals surface area contributed by atoms with Crippen LogP contribution in [0.2, 0.25) is 0 Å². The molecule has 144 valence electrons. The highest BCUT2D eigenvalue weighted by molar-refractivity contribution is 5.97. The molecule has 3 rings (SSSR count). The average Bonchev–Trinajstić information content (AvgIpc) is 3.28. The van der Waals surface area contributed by atoms with E-state index in [1.807, 2.05) is 46.7 Å². The minimum Gasteiger partial charge on any atom is -0.357 e. The lowest BCUT2D eigenvalue weighted by Gasteiger charge is -2.19. The number of nitrogens with zero attached hydrogens (tertiary/aromatic N) is 5. The van der Waals surface area contributed by atoms with Crippen molar-refractivity contribution in [2.75, 3.05) is 24.5 Å². The number of aryl methyl sites for hydroxylation is 1. The molecular formula is C19H27N7O. The van der Waals surface area contributed by atoms with Crippen molar-refractivity contribution in [1.29, 1.82) is 0 Å². The van der Waals surface area contributed by atoms with Gasteiger partial charge in [0.15, 0.2) is 5.96 Å². The van der Waals surface area contributed by atoms with Gasteiger partial charge in [0.2, 0.25) is 5.91 Å². The second-order valence-electron chi connectivity index (χ2n) is 6.44. The SMILES string of the molecule is CCNC(=NCCn1cnnc1CC)NC1CC(=O)N(c2ccccc2)C1. The largest absolute Gasteiger partial charge is 0.357 e. The van der Waals surface area contributed by atoms with E-state index in [-0.39, 0.29) is 11.9 Å². The maximum atomic E-state index is 12.4. The second kappa shape index (κ2) is 9.16. The lowest BCUT2D eigenvalue weighted by Crippen LogP contribution is -2.44. The van der Waals surface area contributed by atoms with Crippen LogP contribution in [0.15, 0.2) is 41.7 Å². The van der Waals surface area contributed by atoms with Gasteiger partial charge in [-0.1, -0.05) is 25.1 Å². The van der Waals surface area contributed by atoms with Crippen molar-refractivity contribution in [3.63, 3.8) is 0 Å². The van der Waals surface area contributed by atoms with E-state index in [0.717, 1.165) is 37.0 Å². The summed E-state index contributed by atoms with van der Waals surface area (Å²) in [6.07, 6.45) is 3.05. The first kappa shape index (κ1) is 18.9. The first-order valence-corrected chi connectivity index (χ1v) is 9.48. The number of benzene rings is 1.